The molecule has 0 aromatic rings. The highest BCUT2D eigenvalue weighted by Crippen LogP contribution is 2.15. The molecule has 20 heavy (non-hydrogen) atoms. The number of rotatable bonds is 1. The molecule has 0 bridgehead atoms. The van der Waals surface area contributed by atoms with Gasteiger partial charge >= 0.3 is 6.09 Å². The molecule has 0 spiro atoms. The molecule has 1 aliphatic heterocycles. The molecule has 0 radical (unpaired) electrons. The Kier molecular flexibility index (Phi) is 5.39. The van der Waals surface area contributed by atoms with Crippen molar-refractivity contribution in [3.05, 3.63) is 0 Å². The molecular weight excluding hydrogens is 258 g/mol. The standard InChI is InChI=1S/C14H27N3O3/c1-11(2)16-9-7-15(12(3)18)8-10-17(16)13(19)20-14(4,5)6/h11H,7-10H2,1-6H3. The minimum Gasteiger partial charge on any atom is -0.443 e. The van der Waals surface area contributed by atoms with Crippen LogP contribution in [0, 0.1) is 0 Å². The summed E-state index contributed by atoms with van der Waals surface area (Å²) in [5.41, 5.74) is -0.522. The Hall–Kier alpha value is -1.30. The first kappa shape index (κ1) is 16.8. The fourth-order valence-corrected chi connectivity index (χ4v) is 2.16. The number of hydrazine groups is 1. The number of hydrogen-bond donors (Lipinski definition) is 0. The smallest absolute Gasteiger partial charge is 0.425 e. The molecule has 116 valence electrons. The van der Waals surface area contributed by atoms with E-state index in [0.29, 0.717) is 26.2 Å². The summed E-state index contributed by atoms with van der Waals surface area (Å²) in [6, 6.07) is 0.175. The van der Waals surface area contributed by atoms with Crippen LogP contribution in [0.15, 0.2) is 0 Å². The molecule has 1 rings (SSSR count). The second-order valence-electron chi connectivity index (χ2n) is 6.37. The van der Waals surface area contributed by atoms with E-state index in [0.717, 1.165) is 0 Å². The van der Waals surface area contributed by atoms with Crippen LogP contribution in [0.1, 0.15) is 41.5 Å². The summed E-state index contributed by atoms with van der Waals surface area (Å²) in [6.45, 7) is 13.4. The van der Waals surface area contributed by atoms with Crippen LogP contribution in [0.25, 0.3) is 0 Å². The predicted octanol–water partition coefficient (Wildman–Crippen LogP) is 1.71. The molecule has 1 fully saturated rings. The van der Waals surface area contributed by atoms with E-state index in [1.807, 2.05) is 39.6 Å². The summed E-state index contributed by atoms with van der Waals surface area (Å²) >= 11 is 0. The lowest BCUT2D eigenvalue weighted by Crippen LogP contribution is -2.52. The number of nitrogens with zero attached hydrogens (tertiary/aromatic N) is 3. The number of hydrogen-bond acceptors (Lipinski definition) is 4. The highest BCUT2D eigenvalue weighted by molar-refractivity contribution is 5.73. The molecule has 0 N–H and O–H groups in total. The Labute approximate surface area is 121 Å². The van der Waals surface area contributed by atoms with Gasteiger partial charge in [0, 0.05) is 32.6 Å². The normalized spacial score (nSPS) is 18.1. The van der Waals surface area contributed by atoms with Crippen molar-refractivity contribution in [2.75, 3.05) is 26.2 Å². The summed E-state index contributed by atoms with van der Waals surface area (Å²) in [6.07, 6.45) is -0.350. The van der Waals surface area contributed by atoms with Gasteiger partial charge in [0.25, 0.3) is 0 Å². The minimum absolute atomic E-state index is 0.0414. The second-order valence-corrected chi connectivity index (χ2v) is 6.37. The van der Waals surface area contributed by atoms with Crippen molar-refractivity contribution >= 4 is 12.0 Å². The predicted molar refractivity (Wildman–Crippen MR) is 77.0 cm³/mol. The SMILES string of the molecule is CC(=O)N1CCN(C(=O)OC(C)(C)C)N(C(C)C)CC1. The zero-order chi connectivity index (χ0) is 15.5. The molecule has 0 atom stereocenters. The topological polar surface area (TPSA) is 53.1 Å². The fraction of sp³-hybridized carbons (Fsp3) is 0.857. The Morgan fingerprint density at radius 3 is 2.05 bits per heavy atom. The van der Waals surface area contributed by atoms with Crippen molar-refractivity contribution in [3.8, 4) is 0 Å². The number of carbonyl (C=O) groups excluding carboxylic acids is 2. The average molecular weight is 285 g/mol. The van der Waals surface area contributed by atoms with Crippen molar-refractivity contribution in [1.29, 1.82) is 0 Å². The van der Waals surface area contributed by atoms with Crippen molar-refractivity contribution in [3.63, 3.8) is 0 Å². The van der Waals surface area contributed by atoms with E-state index in [1.165, 1.54) is 0 Å². The Morgan fingerprint density at radius 2 is 1.60 bits per heavy atom. The maximum Gasteiger partial charge on any atom is 0.425 e. The Bertz CT molecular complexity index is 363. The van der Waals surface area contributed by atoms with Gasteiger partial charge in [-0.3, -0.25) is 4.79 Å². The maximum absolute atomic E-state index is 12.3. The number of ether oxygens (including phenoxy) is 1. The van der Waals surface area contributed by atoms with E-state index in [4.69, 9.17) is 4.74 Å². The zero-order valence-electron chi connectivity index (χ0n) is 13.5. The van der Waals surface area contributed by atoms with Gasteiger partial charge in [0.15, 0.2) is 0 Å². The van der Waals surface area contributed by atoms with Gasteiger partial charge in [-0.1, -0.05) is 0 Å². The molecule has 0 aliphatic carbocycles. The molecule has 6 heteroatoms. The summed E-state index contributed by atoms with van der Waals surface area (Å²) < 4.78 is 5.45. The highest BCUT2D eigenvalue weighted by atomic mass is 16.6. The quantitative estimate of drug-likeness (QED) is 0.736. The van der Waals surface area contributed by atoms with Crippen LogP contribution >= 0.6 is 0 Å². The first-order valence-corrected chi connectivity index (χ1v) is 7.14. The summed E-state index contributed by atoms with van der Waals surface area (Å²) in [4.78, 5) is 25.6. The van der Waals surface area contributed by atoms with Crippen LogP contribution in [0.3, 0.4) is 0 Å². The molecule has 0 saturated carbocycles. The fourth-order valence-electron chi connectivity index (χ4n) is 2.16. The van der Waals surface area contributed by atoms with Crippen molar-refractivity contribution in [2.24, 2.45) is 0 Å². The molecule has 2 amide bonds. The van der Waals surface area contributed by atoms with Crippen LogP contribution < -0.4 is 0 Å². The minimum atomic E-state index is -0.522. The third-order valence-corrected chi connectivity index (χ3v) is 3.14. The van der Waals surface area contributed by atoms with Crippen molar-refractivity contribution in [2.45, 2.75) is 53.2 Å². The second kappa shape index (κ2) is 6.43. The van der Waals surface area contributed by atoms with Crippen LogP contribution in [-0.4, -0.2) is 64.7 Å². The summed E-state index contributed by atoms with van der Waals surface area (Å²) in [7, 11) is 0. The number of carbonyl (C=O) groups is 2. The maximum atomic E-state index is 12.3. The first-order valence-electron chi connectivity index (χ1n) is 7.14. The van der Waals surface area contributed by atoms with E-state index in [2.05, 4.69) is 0 Å². The van der Waals surface area contributed by atoms with Crippen LogP contribution in [0.4, 0.5) is 4.79 Å². The monoisotopic (exact) mass is 285 g/mol. The molecule has 0 unspecified atom stereocenters. The van der Waals surface area contributed by atoms with Crippen LogP contribution in [0.5, 0.6) is 0 Å². The molecule has 1 heterocycles. The lowest BCUT2D eigenvalue weighted by molar-refractivity contribution is -0.128. The average Bonchev–Trinajstić information content (AvgIpc) is 2.48. The Morgan fingerprint density at radius 1 is 1.05 bits per heavy atom. The van der Waals surface area contributed by atoms with E-state index < -0.39 is 5.60 Å². The van der Waals surface area contributed by atoms with Gasteiger partial charge in [0.2, 0.25) is 5.91 Å². The van der Waals surface area contributed by atoms with Gasteiger partial charge in [-0.15, -0.1) is 0 Å². The van der Waals surface area contributed by atoms with E-state index in [1.54, 1.807) is 16.8 Å². The summed E-state index contributed by atoms with van der Waals surface area (Å²) in [5, 5.41) is 3.59. The highest BCUT2D eigenvalue weighted by Gasteiger charge is 2.31. The largest absolute Gasteiger partial charge is 0.443 e. The van der Waals surface area contributed by atoms with Crippen LogP contribution in [-0.2, 0) is 9.53 Å². The molecule has 0 aromatic carbocycles. The van der Waals surface area contributed by atoms with E-state index >= 15 is 0 Å². The lowest BCUT2D eigenvalue weighted by Gasteiger charge is -2.36. The van der Waals surface area contributed by atoms with E-state index in [-0.39, 0.29) is 18.0 Å². The first-order chi connectivity index (χ1) is 9.11. The lowest BCUT2D eigenvalue weighted by atomic mass is 10.2. The third kappa shape index (κ3) is 4.67. The van der Waals surface area contributed by atoms with Crippen molar-refractivity contribution < 1.29 is 14.3 Å². The van der Waals surface area contributed by atoms with E-state index in [9.17, 15) is 9.59 Å². The molecular formula is C14H27N3O3. The van der Waals surface area contributed by atoms with Gasteiger partial charge in [-0.05, 0) is 34.6 Å². The van der Waals surface area contributed by atoms with Gasteiger partial charge in [-0.25, -0.2) is 14.8 Å². The van der Waals surface area contributed by atoms with Gasteiger partial charge < -0.3 is 9.64 Å². The van der Waals surface area contributed by atoms with Gasteiger partial charge in [-0.2, -0.15) is 0 Å². The van der Waals surface area contributed by atoms with Crippen molar-refractivity contribution in [1.82, 2.24) is 14.9 Å². The third-order valence-electron chi connectivity index (χ3n) is 3.14. The Balaban J connectivity index is 2.84. The van der Waals surface area contributed by atoms with Crippen LogP contribution in [0.2, 0.25) is 0 Å². The molecule has 1 saturated heterocycles. The van der Waals surface area contributed by atoms with Gasteiger partial charge in [0.05, 0.1) is 6.54 Å². The summed E-state index contributed by atoms with van der Waals surface area (Å²) in [5.74, 6) is 0.0414. The molecule has 1 aliphatic rings. The molecule has 0 aromatic heterocycles. The molecule has 6 nitrogen and oxygen atoms in total. The zero-order valence-corrected chi connectivity index (χ0v) is 13.5. The van der Waals surface area contributed by atoms with Gasteiger partial charge in [0.1, 0.15) is 5.60 Å². The number of amides is 2.